The van der Waals surface area contributed by atoms with E-state index in [2.05, 4.69) is 62.7 Å². The van der Waals surface area contributed by atoms with Crippen molar-refractivity contribution in [3.05, 3.63) is 72.2 Å². The maximum absolute atomic E-state index is 5.64. The Morgan fingerprint density at radius 3 is 2.88 bits per heavy atom. The van der Waals surface area contributed by atoms with E-state index in [-0.39, 0.29) is 36.1 Å². The largest absolute Gasteiger partial charge is 0.375 e. The average Bonchev–Trinajstić information content (AvgIpc) is 3.37. The molecule has 9 heteroatoms. The highest BCUT2D eigenvalue weighted by Gasteiger charge is 2.18. The summed E-state index contributed by atoms with van der Waals surface area (Å²) in [5.41, 5.74) is 3.35. The zero-order chi connectivity index (χ0) is 22.3. The van der Waals surface area contributed by atoms with Gasteiger partial charge in [-0.15, -0.1) is 24.0 Å². The lowest BCUT2D eigenvalue weighted by Gasteiger charge is -2.32. The number of morpholine rings is 1. The van der Waals surface area contributed by atoms with Gasteiger partial charge in [-0.1, -0.05) is 12.1 Å². The minimum absolute atomic E-state index is 0. The van der Waals surface area contributed by atoms with E-state index < -0.39 is 0 Å². The molecule has 1 aliphatic rings. The SMILES string of the molecule is CN=C(NCc1ccnc(N2CCOC(C)C2)c1)NC(C)c1cccc(-n2cccn2)c1.I. The molecular formula is C24H32IN7O. The molecule has 2 unspecified atom stereocenters. The lowest BCUT2D eigenvalue weighted by Crippen LogP contribution is -2.41. The van der Waals surface area contributed by atoms with Crippen LogP contribution in [0.25, 0.3) is 5.69 Å². The quantitative estimate of drug-likeness (QED) is 0.273. The standard InChI is InChI=1S/C24H31N7O.HI/c1-18-17-30(12-13-32-18)23-14-20(8-10-26-23)16-27-24(25-3)29-19(2)21-6-4-7-22(15-21)31-11-5-9-28-31;/h4-11,14-15,18-19H,12-13,16-17H2,1-3H3,(H2,25,27,29);1H. The number of nitrogens with one attached hydrogen (secondary N) is 2. The average molecular weight is 561 g/mol. The van der Waals surface area contributed by atoms with Crippen LogP contribution in [0.15, 0.2) is 66.0 Å². The van der Waals surface area contributed by atoms with E-state index in [0.717, 1.165) is 48.3 Å². The second kappa shape index (κ2) is 12.0. The summed E-state index contributed by atoms with van der Waals surface area (Å²) in [4.78, 5) is 11.2. The summed E-state index contributed by atoms with van der Waals surface area (Å²) in [7, 11) is 1.79. The first-order valence-electron chi connectivity index (χ1n) is 11.0. The Bertz CT molecular complexity index is 1040. The van der Waals surface area contributed by atoms with Crippen molar-refractivity contribution in [2.24, 2.45) is 4.99 Å². The van der Waals surface area contributed by atoms with Crippen molar-refractivity contribution in [3.63, 3.8) is 0 Å². The van der Waals surface area contributed by atoms with E-state index in [1.165, 1.54) is 0 Å². The van der Waals surface area contributed by atoms with Gasteiger partial charge in [0, 0.05) is 45.3 Å². The maximum Gasteiger partial charge on any atom is 0.191 e. The fourth-order valence-corrected chi connectivity index (χ4v) is 3.80. The van der Waals surface area contributed by atoms with Gasteiger partial charge in [0.15, 0.2) is 5.96 Å². The molecule has 0 amide bonds. The van der Waals surface area contributed by atoms with Crippen molar-refractivity contribution in [1.29, 1.82) is 0 Å². The third-order valence-corrected chi connectivity index (χ3v) is 5.55. The number of halogens is 1. The molecule has 2 atom stereocenters. The van der Waals surface area contributed by atoms with Gasteiger partial charge in [-0.3, -0.25) is 4.99 Å². The molecule has 1 fully saturated rings. The summed E-state index contributed by atoms with van der Waals surface area (Å²) >= 11 is 0. The minimum atomic E-state index is 0. The Labute approximate surface area is 212 Å². The van der Waals surface area contributed by atoms with Crippen LogP contribution in [-0.4, -0.2) is 53.6 Å². The molecular weight excluding hydrogens is 529 g/mol. The molecule has 0 aliphatic carbocycles. The lowest BCUT2D eigenvalue weighted by molar-refractivity contribution is 0.0529. The molecule has 3 heterocycles. The van der Waals surface area contributed by atoms with E-state index in [1.807, 2.05) is 41.3 Å². The molecule has 0 saturated carbocycles. The van der Waals surface area contributed by atoms with Crippen LogP contribution < -0.4 is 15.5 Å². The van der Waals surface area contributed by atoms with Gasteiger partial charge in [-0.05, 0) is 55.3 Å². The van der Waals surface area contributed by atoms with Gasteiger partial charge in [0.05, 0.1) is 24.4 Å². The van der Waals surface area contributed by atoms with Crippen molar-refractivity contribution in [2.75, 3.05) is 31.6 Å². The Morgan fingerprint density at radius 1 is 1.24 bits per heavy atom. The number of anilines is 1. The van der Waals surface area contributed by atoms with Crippen molar-refractivity contribution in [3.8, 4) is 5.69 Å². The Morgan fingerprint density at radius 2 is 2.12 bits per heavy atom. The van der Waals surface area contributed by atoms with Crippen molar-refractivity contribution >= 4 is 35.8 Å². The highest BCUT2D eigenvalue weighted by Crippen LogP contribution is 2.18. The van der Waals surface area contributed by atoms with Gasteiger partial charge >= 0.3 is 0 Å². The van der Waals surface area contributed by atoms with E-state index >= 15 is 0 Å². The van der Waals surface area contributed by atoms with Crippen LogP contribution in [0.3, 0.4) is 0 Å². The first kappa shape index (κ1) is 25.0. The number of nitrogens with zero attached hydrogens (tertiary/aromatic N) is 5. The van der Waals surface area contributed by atoms with Crippen LogP contribution in [0, 0.1) is 0 Å². The van der Waals surface area contributed by atoms with Gasteiger partial charge in [0.1, 0.15) is 5.82 Å². The van der Waals surface area contributed by atoms with Gasteiger partial charge in [-0.2, -0.15) is 5.10 Å². The summed E-state index contributed by atoms with van der Waals surface area (Å²) in [5.74, 6) is 1.74. The van der Waals surface area contributed by atoms with Crippen LogP contribution in [-0.2, 0) is 11.3 Å². The summed E-state index contributed by atoms with van der Waals surface area (Å²) in [6.45, 7) is 7.35. The van der Waals surface area contributed by atoms with E-state index in [0.29, 0.717) is 6.54 Å². The normalized spacial score (nSPS) is 17.2. The molecule has 1 aliphatic heterocycles. The number of rotatable bonds is 6. The van der Waals surface area contributed by atoms with E-state index in [1.54, 1.807) is 13.2 Å². The van der Waals surface area contributed by atoms with Crippen LogP contribution in [0.1, 0.15) is 31.0 Å². The number of ether oxygens (including phenoxy) is 1. The van der Waals surface area contributed by atoms with Crippen molar-refractivity contribution < 1.29 is 4.74 Å². The Balaban J connectivity index is 0.00000306. The molecule has 1 aromatic carbocycles. The highest BCUT2D eigenvalue weighted by molar-refractivity contribution is 14.0. The summed E-state index contributed by atoms with van der Waals surface area (Å²) in [6, 6.07) is 14.5. The maximum atomic E-state index is 5.64. The third-order valence-electron chi connectivity index (χ3n) is 5.55. The fraction of sp³-hybridized carbons (Fsp3) is 0.375. The molecule has 4 rings (SSSR count). The highest BCUT2D eigenvalue weighted by atomic mass is 127. The number of benzene rings is 1. The smallest absolute Gasteiger partial charge is 0.191 e. The first-order chi connectivity index (χ1) is 15.6. The molecule has 0 spiro atoms. The number of aromatic nitrogens is 3. The Hall–Kier alpha value is -2.66. The molecule has 176 valence electrons. The number of pyridine rings is 1. The minimum Gasteiger partial charge on any atom is -0.375 e. The third kappa shape index (κ3) is 6.67. The summed E-state index contributed by atoms with van der Waals surface area (Å²) in [5, 5.41) is 11.2. The van der Waals surface area contributed by atoms with E-state index in [9.17, 15) is 0 Å². The van der Waals surface area contributed by atoms with Crippen LogP contribution >= 0.6 is 24.0 Å². The second-order valence-corrected chi connectivity index (χ2v) is 7.99. The number of aliphatic imine (C=N–C) groups is 1. The molecule has 0 radical (unpaired) electrons. The molecule has 33 heavy (non-hydrogen) atoms. The lowest BCUT2D eigenvalue weighted by atomic mass is 10.1. The van der Waals surface area contributed by atoms with Gasteiger partial charge in [-0.25, -0.2) is 9.67 Å². The molecule has 0 bridgehead atoms. The molecule has 3 aromatic rings. The number of hydrogen-bond donors (Lipinski definition) is 2. The summed E-state index contributed by atoms with van der Waals surface area (Å²) in [6.07, 6.45) is 5.82. The van der Waals surface area contributed by atoms with Crippen LogP contribution in [0.4, 0.5) is 5.82 Å². The van der Waals surface area contributed by atoms with Crippen molar-refractivity contribution in [1.82, 2.24) is 25.4 Å². The molecule has 2 aromatic heterocycles. The topological polar surface area (TPSA) is 79.6 Å². The molecule has 1 saturated heterocycles. The van der Waals surface area contributed by atoms with Crippen molar-refractivity contribution in [2.45, 2.75) is 32.5 Å². The van der Waals surface area contributed by atoms with Gasteiger partial charge < -0.3 is 20.3 Å². The second-order valence-electron chi connectivity index (χ2n) is 7.99. The predicted molar refractivity (Wildman–Crippen MR) is 143 cm³/mol. The van der Waals surface area contributed by atoms with Gasteiger partial charge in [0.2, 0.25) is 0 Å². The number of guanidine groups is 1. The van der Waals surface area contributed by atoms with Crippen LogP contribution in [0.2, 0.25) is 0 Å². The fourth-order valence-electron chi connectivity index (χ4n) is 3.80. The summed E-state index contributed by atoms with van der Waals surface area (Å²) < 4.78 is 7.51. The van der Waals surface area contributed by atoms with E-state index in [4.69, 9.17) is 4.74 Å². The first-order valence-corrected chi connectivity index (χ1v) is 11.0. The van der Waals surface area contributed by atoms with Gasteiger partial charge in [0.25, 0.3) is 0 Å². The number of hydrogen-bond acceptors (Lipinski definition) is 5. The monoisotopic (exact) mass is 561 g/mol. The Kier molecular flexibility index (Phi) is 9.07. The predicted octanol–water partition coefficient (Wildman–Crippen LogP) is 3.54. The zero-order valence-electron chi connectivity index (χ0n) is 19.3. The molecule has 8 nitrogen and oxygen atoms in total. The zero-order valence-corrected chi connectivity index (χ0v) is 21.6. The molecule has 2 N–H and O–H groups in total. The van der Waals surface area contributed by atoms with Crippen LogP contribution in [0.5, 0.6) is 0 Å².